The molecule has 0 aromatic rings. The third-order valence-corrected chi connectivity index (χ3v) is 3.08. The Balaban J connectivity index is 0. The van der Waals surface area contributed by atoms with Crippen molar-refractivity contribution in [2.45, 2.75) is 75.1 Å². The van der Waals surface area contributed by atoms with Crippen LogP contribution in [0.5, 0.6) is 0 Å². The first-order valence-corrected chi connectivity index (χ1v) is 7.85. The van der Waals surface area contributed by atoms with Gasteiger partial charge in [-0.05, 0) is 40.5 Å². The summed E-state index contributed by atoms with van der Waals surface area (Å²) < 4.78 is -1.78. The molecule has 0 amide bonds. The van der Waals surface area contributed by atoms with Crippen molar-refractivity contribution < 1.29 is 30.0 Å². The van der Waals surface area contributed by atoms with Crippen molar-refractivity contribution >= 4 is 37.2 Å². The SMILES string of the molecule is CC(C)(S)C(=O)O.CC(C)(S)C(=O)O.OC1(O)CCCCC1. The van der Waals surface area contributed by atoms with Gasteiger partial charge in [0.2, 0.25) is 0 Å². The molecule has 1 saturated carbocycles. The maximum atomic E-state index is 9.94. The number of carboxylic acid groups (broad SMARTS) is 2. The standard InChI is InChI=1S/C6H12O2.2C4H8O2S/c7-6(8)4-2-1-3-5-6;2*1-4(2,7)3(5)6/h7-8H,1-5H2;2*7H,1-2H3,(H,5,6). The van der Waals surface area contributed by atoms with Crippen LogP contribution in [0.3, 0.4) is 0 Å². The zero-order valence-corrected chi connectivity index (χ0v) is 15.3. The number of aliphatic hydroxyl groups is 2. The molecule has 132 valence electrons. The van der Waals surface area contributed by atoms with Crippen molar-refractivity contribution in [3.05, 3.63) is 0 Å². The highest BCUT2D eigenvalue weighted by Gasteiger charge is 2.24. The number of rotatable bonds is 2. The second-order valence-electron chi connectivity index (χ2n) is 6.27. The zero-order valence-electron chi connectivity index (χ0n) is 13.5. The molecule has 0 unspecified atom stereocenters. The van der Waals surface area contributed by atoms with Crippen molar-refractivity contribution in [2.75, 3.05) is 0 Å². The number of aliphatic carboxylic acids is 2. The van der Waals surface area contributed by atoms with Gasteiger partial charge in [-0.25, -0.2) is 0 Å². The average molecular weight is 357 g/mol. The lowest BCUT2D eigenvalue weighted by molar-refractivity contribution is -0.180. The number of carboxylic acids is 2. The van der Waals surface area contributed by atoms with Crippen molar-refractivity contribution in [3.8, 4) is 0 Å². The normalized spacial score (nSPS) is 17.3. The first-order valence-electron chi connectivity index (χ1n) is 6.96. The number of hydrogen-bond acceptors (Lipinski definition) is 6. The van der Waals surface area contributed by atoms with Gasteiger partial charge in [-0.3, -0.25) is 9.59 Å². The lowest BCUT2D eigenvalue weighted by Crippen LogP contribution is -2.30. The van der Waals surface area contributed by atoms with Crippen molar-refractivity contribution in [2.24, 2.45) is 0 Å². The molecule has 0 bridgehead atoms. The monoisotopic (exact) mass is 356 g/mol. The number of thiol groups is 2. The summed E-state index contributed by atoms with van der Waals surface area (Å²) >= 11 is 7.50. The largest absolute Gasteiger partial charge is 0.480 e. The van der Waals surface area contributed by atoms with Gasteiger partial charge in [0.25, 0.3) is 0 Å². The van der Waals surface area contributed by atoms with Crippen LogP contribution in [0.2, 0.25) is 0 Å². The van der Waals surface area contributed by atoms with Gasteiger partial charge in [0.1, 0.15) is 9.49 Å². The van der Waals surface area contributed by atoms with E-state index in [4.69, 9.17) is 20.4 Å². The lowest BCUT2D eigenvalue weighted by atomic mass is 9.95. The second kappa shape index (κ2) is 9.64. The van der Waals surface area contributed by atoms with E-state index < -0.39 is 27.2 Å². The van der Waals surface area contributed by atoms with Gasteiger partial charge in [-0.1, -0.05) is 6.42 Å². The minimum absolute atomic E-state index is 0.562. The Morgan fingerprint density at radius 1 is 0.818 bits per heavy atom. The van der Waals surface area contributed by atoms with Crippen LogP contribution in [-0.4, -0.2) is 47.6 Å². The molecule has 0 aromatic heterocycles. The van der Waals surface area contributed by atoms with Gasteiger partial charge in [-0.2, -0.15) is 25.3 Å². The smallest absolute Gasteiger partial charge is 0.318 e. The zero-order chi connectivity index (χ0) is 18.2. The van der Waals surface area contributed by atoms with Crippen LogP contribution in [0, 0.1) is 0 Å². The van der Waals surface area contributed by atoms with Crippen molar-refractivity contribution in [3.63, 3.8) is 0 Å². The summed E-state index contributed by atoms with van der Waals surface area (Å²) in [6.45, 7) is 6.10. The summed E-state index contributed by atoms with van der Waals surface area (Å²) in [6.07, 6.45) is 4.21. The Hall–Kier alpha value is -0.440. The second-order valence-corrected chi connectivity index (χ2v) is 8.51. The van der Waals surface area contributed by atoms with Crippen LogP contribution in [-0.2, 0) is 9.59 Å². The van der Waals surface area contributed by atoms with E-state index in [0.717, 1.165) is 19.3 Å². The summed E-state index contributed by atoms with van der Waals surface area (Å²) in [5.74, 6) is -3.11. The molecule has 0 aliphatic heterocycles. The molecule has 0 radical (unpaired) electrons. The Bertz CT molecular complexity index is 323. The topological polar surface area (TPSA) is 115 Å². The molecule has 4 N–H and O–H groups in total. The van der Waals surface area contributed by atoms with Gasteiger partial charge in [0, 0.05) is 12.8 Å². The minimum Gasteiger partial charge on any atom is -0.480 e. The van der Waals surface area contributed by atoms with Gasteiger partial charge < -0.3 is 20.4 Å². The van der Waals surface area contributed by atoms with E-state index in [-0.39, 0.29) is 0 Å². The predicted octanol–water partition coefficient (Wildman–Crippen LogP) is 2.19. The summed E-state index contributed by atoms with van der Waals surface area (Å²) in [6, 6.07) is 0. The highest BCUT2D eigenvalue weighted by atomic mass is 32.1. The number of carbonyl (C=O) groups is 2. The molecule has 1 aliphatic carbocycles. The van der Waals surface area contributed by atoms with E-state index in [0.29, 0.717) is 12.8 Å². The fourth-order valence-corrected chi connectivity index (χ4v) is 1.12. The Morgan fingerprint density at radius 2 is 1.05 bits per heavy atom. The van der Waals surface area contributed by atoms with Crippen LogP contribution < -0.4 is 0 Å². The summed E-state index contributed by atoms with van der Waals surface area (Å²) in [7, 11) is 0. The molecular weight excluding hydrogens is 328 g/mol. The van der Waals surface area contributed by atoms with Crippen LogP contribution >= 0.6 is 25.3 Å². The van der Waals surface area contributed by atoms with E-state index >= 15 is 0 Å². The molecule has 1 rings (SSSR count). The minimum atomic E-state index is -1.32. The molecule has 0 spiro atoms. The summed E-state index contributed by atoms with van der Waals surface area (Å²) in [4.78, 5) is 19.9. The molecule has 22 heavy (non-hydrogen) atoms. The van der Waals surface area contributed by atoms with E-state index in [1.165, 1.54) is 27.7 Å². The first kappa shape index (κ1) is 23.8. The molecular formula is C14H28O6S2. The highest BCUT2D eigenvalue weighted by molar-refractivity contribution is 7.82. The summed E-state index contributed by atoms with van der Waals surface area (Å²) in [5.41, 5.74) is 0. The average Bonchev–Trinajstić information content (AvgIpc) is 2.27. The molecule has 0 atom stereocenters. The summed E-state index contributed by atoms with van der Waals surface area (Å²) in [5, 5.41) is 34.2. The van der Waals surface area contributed by atoms with Gasteiger partial charge in [0.05, 0.1) is 0 Å². The van der Waals surface area contributed by atoms with Gasteiger partial charge in [-0.15, -0.1) is 0 Å². The molecule has 0 heterocycles. The van der Waals surface area contributed by atoms with Crippen LogP contribution in [0.4, 0.5) is 0 Å². The molecule has 0 aromatic carbocycles. The maximum Gasteiger partial charge on any atom is 0.318 e. The Morgan fingerprint density at radius 3 is 1.14 bits per heavy atom. The first-order chi connectivity index (χ1) is 9.59. The van der Waals surface area contributed by atoms with Crippen LogP contribution in [0.15, 0.2) is 0 Å². The third kappa shape index (κ3) is 14.5. The molecule has 1 aliphatic rings. The Kier molecular flexibility index (Phi) is 10.4. The van der Waals surface area contributed by atoms with E-state index in [9.17, 15) is 9.59 Å². The molecule has 1 fully saturated rings. The number of hydrogen-bond donors (Lipinski definition) is 6. The van der Waals surface area contributed by atoms with Crippen LogP contribution in [0.1, 0.15) is 59.8 Å². The highest BCUT2D eigenvalue weighted by Crippen LogP contribution is 2.24. The van der Waals surface area contributed by atoms with Crippen LogP contribution in [0.25, 0.3) is 0 Å². The van der Waals surface area contributed by atoms with Gasteiger partial charge in [0.15, 0.2) is 5.79 Å². The Labute approximate surface area is 142 Å². The van der Waals surface area contributed by atoms with Crippen molar-refractivity contribution in [1.29, 1.82) is 0 Å². The fraction of sp³-hybridized carbons (Fsp3) is 0.857. The predicted molar refractivity (Wildman–Crippen MR) is 91.7 cm³/mol. The van der Waals surface area contributed by atoms with E-state index in [1.807, 2.05) is 0 Å². The fourth-order valence-electron chi connectivity index (χ4n) is 1.12. The lowest BCUT2D eigenvalue weighted by Gasteiger charge is -2.25. The molecule has 8 heteroatoms. The maximum absolute atomic E-state index is 9.94. The molecule has 0 saturated heterocycles. The quantitative estimate of drug-likeness (QED) is 0.334. The van der Waals surface area contributed by atoms with E-state index in [1.54, 1.807) is 0 Å². The third-order valence-electron chi connectivity index (χ3n) is 2.70. The van der Waals surface area contributed by atoms with Crippen molar-refractivity contribution in [1.82, 2.24) is 0 Å². The van der Waals surface area contributed by atoms with Gasteiger partial charge >= 0.3 is 11.9 Å². The molecule has 6 nitrogen and oxygen atoms in total. The van der Waals surface area contributed by atoms with E-state index in [2.05, 4.69) is 25.3 Å².